The highest BCUT2D eigenvalue weighted by atomic mass is 35.5. The maximum absolute atomic E-state index is 12.8. The zero-order chi connectivity index (χ0) is 17.5. The molecule has 0 aliphatic carbocycles. The zero-order valence-corrected chi connectivity index (χ0v) is 17.0. The second kappa shape index (κ2) is 7.77. The van der Waals surface area contributed by atoms with Crippen molar-refractivity contribution in [3.05, 3.63) is 11.6 Å². The summed E-state index contributed by atoms with van der Waals surface area (Å²) in [5.74, 6) is 0. The van der Waals surface area contributed by atoms with E-state index in [2.05, 4.69) is 4.90 Å². The van der Waals surface area contributed by atoms with Crippen molar-refractivity contribution in [3.8, 4) is 0 Å². The Morgan fingerprint density at radius 1 is 1.40 bits per heavy atom. The Morgan fingerprint density at radius 3 is 2.76 bits per heavy atom. The van der Waals surface area contributed by atoms with Crippen LogP contribution in [0.25, 0.3) is 0 Å². The summed E-state index contributed by atoms with van der Waals surface area (Å²) in [7, 11) is -5.89. The van der Waals surface area contributed by atoms with E-state index in [-0.39, 0.29) is 26.9 Å². The molecule has 2 aliphatic heterocycles. The molecular weight excluding hydrogens is 410 g/mol. The second-order valence-corrected chi connectivity index (χ2v) is 11.0. The minimum Gasteiger partial charge on any atom is -0.385 e. The third kappa shape index (κ3) is 4.19. The van der Waals surface area contributed by atoms with Crippen LogP contribution in [-0.2, 0) is 31.2 Å². The van der Waals surface area contributed by atoms with E-state index in [0.29, 0.717) is 38.2 Å². The summed E-state index contributed by atoms with van der Waals surface area (Å²) < 4.78 is 55.3. The molecular formula is C13H22ClN3O5S3. The van der Waals surface area contributed by atoms with E-state index < -0.39 is 20.0 Å². The number of thiophene rings is 1. The van der Waals surface area contributed by atoms with Crippen molar-refractivity contribution >= 4 is 43.8 Å². The van der Waals surface area contributed by atoms with Crippen molar-refractivity contribution in [2.24, 2.45) is 5.14 Å². The first-order valence-corrected chi connectivity index (χ1v) is 11.4. The lowest BCUT2D eigenvalue weighted by Crippen LogP contribution is -2.57. The van der Waals surface area contributed by atoms with Crippen molar-refractivity contribution in [1.29, 1.82) is 0 Å². The van der Waals surface area contributed by atoms with Gasteiger partial charge in [-0.3, -0.25) is 0 Å². The molecule has 0 bridgehead atoms. The number of methoxy groups -OCH3 is 1. The van der Waals surface area contributed by atoms with Gasteiger partial charge in [0, 0.05) is 45.9 Å². The van der Waals surface area contributed by atoms with Gasteiger partial charge in [0.25, 0.3) is 10.0 Å². The number of hydrogen-bond acceptors (Lipinski definition) is 7. The Bertz CT molecular complexity index is 824. The summed E-state index contributed by atoms with van der Waals surface area (Å²) in [6.07, 6.45) is 1.41. The number of ether oxygens (including phenoxy) is 1. The number of nitrogens with zero attached hydrogens (tertiary/aromatic N) is 2. The number of nitrogens with two attached hydrogens (primary N) is 1. The summed E-state index contributed by atoms with van der Waals surface area (Å²) in [5.41, 5.74) is 0.559. The van der Waals surface area contributed by atoms with Gasteiger partial charge < -0.3 is 9.64 Å². The molecule has 0 amide bonds. The Labute approximate surface area is 158 Å². The number of sulfonamides is 2. The fourth-order valence-corrected chi connectivity index (χ4v) is 7.63. The molecule has 3 heterocycles. The molecule has 1 fully saturated rings. The lowest BCUT2D eigenvalue weighted by atomic mass is 10.1. The average molecular weight is 432 g/mol. The fraction of sp³-hybridized carbons (Fsp3) is 0.692. The first kappa shape index (κ1) is 21.0. The summed E-state index contributed by atoms with van der Waals surface area (Å²) in [4.78, 5) is 2.23. The Morgan fingerprint density at radius 2 is 2.12 bits per heavy atom. The van der Waals surface area contributed by atoms with Crippen molar-refractivity contribution in [2.75, 3.05) is 39.9 Å². The van der Waals surface area contributed by atoms with Gasteiger partial charge in [-0.05, 0) is 24.5 Å². The minimum absolute atomic E-state index is 0. The molecule has 1 aromatic heterocycles. The molecule has 1 unspecified atom stereocenters. The topological polar surface area (TPSA) is 110 Å². The SMILES string of the molecule is COCCCN1CCN2C(Cc3cc(S(N)(=O)=O)sc3S2(=O)=O)C1.Cl. The van der Waals surface area contributed by atoms with Gasteiger partial charge in [0.1, 0.15) is 8.42 Å². The minimum atomic E-state index is -3.89. The third-order valence-corrected chi connectivity index (χ3v) is 9.47. The van der Waals surface area contributed by atoms with Crippen LogP contribution in [0.4, 0.5) is 0 Å². The number of halogens is 1. The van der Waals surface area contributed by atoms with Gasteiger partial charge in [-0.1, -0.05) is 0 Å². The van der Waals surface area contributed by atoms with Crippen LogP contribution in [0.3, 0.4) is 0 Å². The van der Waals surface area contributed by atoms with E-state index in [1.165, 1.54) is 10.4 Å². The molecule has 2 N–H and O–H groups in total. The summed E-state index contributed by atoms with van der Waals surface area (Å²) >= 11 is 0.750. The number of piperazine rings is 1. The van der Waals surface area contributed by atoms with Crippen LogP contribution in [0.2, 0.25) is 0 Å². The molecule has 144 valence electrons. The van der Waals surface area contributed by atoms with Gasteiger partial charge in [0.15, 0.2) is 0 Å². The lowest BCUT2D eigenvalue weighted by molar-refractivity contribution is 0.115. The molecule has 0 radical (unpaired) electrons. The standard InChI is InChI=1S/C13H21N3O5S3.ClH/c1-21-6-2-3-15-4-5-16-11(9-15)7-10-8-12(23(14,17)18)22-13(10)24(16,19)20;/h8,11H,2-7,9H2,1H3,(H2,14,17,18);1H. The molecule has 1 saturated heterocycles. The zero-order valence-electron chi connectivity index (χ0n) is 13.8. The van der Waals surface area contributed by atoms with Crippen LogP contribution in [0.15, 0.2) is 14.5 Å². The molecule has 0 spiro atoms. The van der Waals surface area contributed by atoms with Crippen molar-refractivity contribution in [3.63, 3.8) is 0 Å². The molecule has 25 heavy (non-hydrogen) atoms. The Kier molecular flexibility index (Phi) is 6.54. The van der Waals surface area contributed by atoms with Crippen LogP contribution < -0.4 is 5.14 Å². The lowest BCUT2D eigenvalue weighted by Gasteiger charge is -2.42. The van der Waals surface area contributed by atoms with Crippen molar-refractivity contribution in [2.45, 2.75) is 27.3 Å². The quantitative estimate of drug-likeness (QED) is 0.661. The Hall–Kier alpha value is -0.270. The van der Waals surface area contributed by atoms with Gasteiger partial charge in [-0.25, -0.2) is 22.0 Å². The molecule has 0 aromatic carbocycles. The average Bonchev–Trinajstić information content (AvgIpc) is 2.92. The van der Waals surface area contributed by atoms with Crippen molar-refractivity contribution < 1.29 is 21.6 Å². The summed E-state index contributed by atoms with van der Waals surface area (Å²) in [5, 5.41) is 5.15. The number of primary sulfonamides is 1. The van der Waals surface area contributed by atoms with Crippen molar-refractivity contribution in [1.82, 2.24) is 9.21 Å². The van der Waals surface area contributed by atoms with Crippen LogP contribution in [0, 0.1) is 0 Å². The van der Waals surface area contributed by atoms with E-state index in [4.69, 9.17) is 9.88 Å². The molecule has 8 nitrogen and oxygen atoms in total. The molecule has 2 aliphatic rings. The predicted molar refractivity (Wildman–Crippen MR) is 97.3 cm³/mol. The summed E-state index contributed by atoms with van der Waals surface area (Å²) in [6, 6.07) is 1.25. The predicted octanol–water partition coefficient (Wildman–Crippen LogP) is 0.0848. The van der Waals surface area contributed by atoms with Crippen LogP contribution in [0.1, 0.15) is 12.0 Å². The van der Waals surface area contributed by atoms with E-state index in [9.17, 15) is 16.8 Å². The van der Waals surface area contributed by atoms with Crippen LogP contribution in [0.5, 0.6) is 0 Å². The maximum atomic E-state index is 12.8. The molecule has 3 rings (SSSR count). The highest BCUT2D eigenvalue weighted by Gasteiger charge is 2.43. The number of fused-ring (bicyclic) bond motifs is 2. The largest absolute Gasteiger partial charge is 0.385 e. The van der Waals surface area contributed by atoms with Gasteiger partial charge in [-0.2, -0.15) is 4.31 Å². The second-order valence-electron chi connectivity index (χ2n) is 6.04. The van der Waals surface area contributed by atoms with E-state index in [1.807, 2.05) is 0 Å². The van der Waals surface area contributed by atoms with E-state index in [1.54, 1.807) is 7.11 Å². The van der Waals surface area contributed by atoms with Crippen LogP contribution in [-0.4, -0.2) is 72.0 Å². The molecule has 0 saturated carbocycles. The highest BCUT2D eigenvalue weighted by molar-refractivity contribution is 7.94. The third-order valence-electron chi connectivity index (χ3n) is 4.36. The van der Waals surface area contributed by atoms with Gasteiger partial charge >= 0.3 is 0 Å². The monoisotopic (exact) mass is 431 g/mol. The van der Waals surface area contributed by atoms with Crippen LogP contribution >= 0.6 is 23.7 Å². The highest BCUT2D eigenvalue weighted by Crippen LogP contribution is 2.38. The molecule has 1 atom stereocenters. The van der Waals surface area contributed by atoms with Gasteiger partial charge in [0.2, 0.25) is 10.0 Å². The first-order valence-electron chi connectivity index (χ1n) is 7.62. The smallest absolute Gasteiger partial charge is 0.253 e. The van der Waals surface area contributed by atoms with E-state index in [0.717, 1.165) is 24.3 Å². The first-order chi connectivity index (χ1) is 11.2. The Balaban J connectivity index is 0.00000225. The normalized spacial score (nSPS) is 23.5. The van der Waals surface area contributed by atoms with Gasteiger partial charge in [0.05, 0.1) is 0 Å². The molecule has 1 aromatic rings. The summed E-state index contributed by atoms with van der Waals surface area (Å²) in [6.45, 7) is 3.26. The number of hydrogen-bond donors (Lipinski definition) is 1. The fourth-order valence-electron chi connectivity index (χ4n) is 3.27. The van der Waals surface area contributed by atoms with E-state index >= 15 is 0 Å². The molecule has 12 heteroatoms. The number of rotatable bonds is 5. The van der Waals surface area contributed by atoms with Gasteiger partial charge in [-0.15, -0.1) is 23.7 Å². The maximum Gasteiger partial charge on any atom is 0.253 e.